The highest BCUT2D eigenvalue weighted by Crippen LogP contribution is 2.31. The Labute approximate surface area is 122 Å². The summed E-state index contributed by atoms with van der Waals surface area (Å²) in [5, 5.41) is 5.51. The number of rotatable bonds is 4. The summed E-state index contributed by atoms with van der Waals surface area (Å²) in [5.41, 5.74) is 0.975. The van der Waals surface area contributed by atoms with Crippen molar-refractivity contribution in [1.82, 2.24) is 5.32 Å². The van der Waals surface area contributed by atoms with Gasteiger partial charge in [0, 0.05) is 6.92 Å². The number of esters is 1. The second kappa shape index (κ2) is 6.38. The minimum absolute atomic E-state index is 0.242. The van der Waals surface area contributed by atoms with Crippen LogP contribution in [-0.2, 0) is 16.0 Å². The quantitative estimate of drug-likeness (QED) is 0.509. The predicted octanol–water partition coefficient (Wildman–Crippen LogP) is 1.10. The van der Waals surface area contributed by atoms with Gasteiger partial charge < -0.3 is 14.7 Å². The molecule has 1 amide bonds. The van der Waals surface area contributed by atoms with Crippen LogP contribution in [0.15, 0.2) is 23.3 Å². The molecule has 1 heterocycles. The molecule has 0 aromatic heterocycles. The van der Waals surface area contributed by atoms with E-state index < -0.39 is 19.0 Å². The van der Waals surface area contributed by atoms with Crippen molar-refractivity contribution in [3.05, 3.63) is 34.2 Å². The number of para-hydroxylation sites is 1. The third-order valence-corrected chi connectivity index (χ3v) is 3.11. The van der Waals surface area contributed by atoms with E-state index in [-0.39, 0.29) is 18.1 Å². The van der Waals surface area contributed by atoms with E-state index in [4.69, 9.17) is 9.39 Å². The lowest BCUT2D eigenvalue weighted by atomic mass is 9.68. The van der Waals surface area contributed by atoms with Crippen LogP contribution in [0.1, 0.15) is 29.8 Å². The van der Waals surface area contributed by atoms with E-state index in [9.17, 15) is 14.5 Å². The van der Waals surface area contributed by atoms with E-state index in [1.54, 1.807) is 25.1 Å². The maximum atomic E-state index is 11.9. The predicted molar refractivity (Wildman–Crippen MR) is 75.9 cm³/mol. The Bertz CT molecular complexity index is 578. The van der Waals surface area contributed by atoms with E-state index in [2.05, 4.69) is 10.4 Å². The van der Waals surface area contributed by atoms with E-state index >= 15 is 0 Å². The summed E-state index contributed by atoms with van der Waals surface area (Å²) in [5.74, 6) is -1.05. The Morgan fingerprint density at radius 1 is 1.52 bits per heavy atom. The average Bonchev–Trinajstić information content (AvgIpc) is 2.45. The number of hydrogen-bond donors (Lipinski definition) is 1. The van der Waals surface area contributed by atoms with Crippen LogP contribution in [-0.4, -0.2) is 31.5 Å². The molecule has 0 saturated carbocycles. The molecule has 1 aromatic carbocycles. The fraction of sp³-hybridized carbons (Fsp3) is 0.385. The molecule has 1 aliphatic heterocycles. The van der Waals surface area contributed by atoms with Crippen LogP contribution in [0, 0.1) is 4.91 Å². The van der Waals surface area contributed by atoms with E-state index in [1.807, 2.05) is 0 Å². The number of nitrogens with one attached hydrogen (secondary N) is 1. The first-order valence-corrected chi connectivity index (χ1v) is 6.62. The van der Waals surface area contributed by atoms with Crippen molar-refractivity contribution in [2.75, 3.05) is 6.61 Å². The lowest BCUT2D eigenvalue weighted by molar-refractivity contribution is -0.119. The lowest BCUT2D eigenvalue weighted by Crippen LogP contribution is -2.51. The van der Waals surface area contributed by atoms with Gasteiger partial charge in [-0.05, 0) is 25.0 Å². The highest BCUT2D eigenvalue weighted by Gasteiger charge is 2.40. The van der Waals surface area contributed by atoms with Gasteiger partial charge in [-0.15, -0.1) is 0 Å². The summed E-state index contributed by atoms with van der Waals surface area (Å²) in [6.07, 6.45) is 0.360. The molecular formula is C13H15BN2O5. The Kier molecular flexibility index (Phi) is 4.57. The summed E-state index contributed by atoms with van der Waals surface area (Å²) >= 11 is 0. The molecule has 0 saturated heterocycles. The van der Waals surface area contributed by atoms with Crippen molar-refractivity contribution in [1.29, 1.82) is 0 Å². The number of hydrogen-bond acceptors (Lipinski definition) is 6. The van der Waals surface area contributed by atoms with Crippen LogP contribution in [0.5, 0.6) is 5.75 Å². The van der Waals surface area contributed by atoms with Gasteiger partial charge in [-0.1, -0.05) is 17.2 Å². The van der Waals surface area contributed by atoms with Crippen molar-refractivity contribution in [3.63, 3.8) is 0 Å². The van der Waals surface area contributed by atoms with Gasteiger partial charge in [0.2, 0.25) is 5.91 Å². The molecule has 1 aliphatic rings. The Morgan fingerprint density at radius 3 is 2.90 bits per heavy atom. The van der Waals surface area contributed by atoms with E-state index in [0.29, 0.717) is 12.2 Å². The first-order chi connectivity index (χ1) is 10.1. The van der Waals surface area contributed by atoms with Gasteiger partial charge in [0.15, 0.2) is 0 Å². The number of fused-ring (bicyclic) bond motifs is 1. The maximum Gasteiger partial charge on any atom is 0.570 e. The number of carbonyl (C=O) groups is 2. The van der Waals surface area contributed by atoms with Gasteiger partial charge in [-0.2, -0.15) is 4.91 Å². The second-order valence-electron chi connectivity index (χ2n) is 4.64. The monoisotopic (exact) mass is 290 g/mol. The standard InChI is InChI=1S/C13H15BN2O5/c1-3-20-13(18)10-6-4-5-9-7-11(15-8(2)17)14(16-19)21-12(9)10/h4-6,11H,3,7H2,1-2H3,(H,15,17)/t11-/m0/s1. The highest BCUT2D eigenvalue weighted by atomic mass is 16.5. The molecule has 0 spiro atoms. The number of ether oxygens (including phenoxy) is 1. The molecule has 110 valence electrons. The first-order valence-electron chi connectivity index (χ1n) is 6.62. The summed E-state index contributed by atoms with van der Waals surface area (Å²) in [7, 11) is -1.07. The van der Waals surface area contributed by atoms with Crippen LogP contribution < -0.4 is 9.97 Å². The van der Waals surface area contributed by atoms with Gasteiger partial charge in [-0.3, -0.25) is 4.79 Å². The normalized spacial score (nSPS) is 16.5. The van der Waals surface area contributed by atoms with Crippen molar-refractivity contribution < 1.29 is 19.0 Å². The molecule has 1 N–H and O–H groups in total. The fourth-order valence-electron chi connectivity index (χ4n) is 2.27. The molecule has 7 nitrogen and oxygen atoms in total. The number of nitrogens with zero attached hydrogens (tertiary/aromatic N) is 1. The Hall–Kier alpha value is -2.38. The summed E-state index contributed by atoms with van der Waals surface area (Å²) in [4.78, 5) is 34.0. The topological polar surface area (TPSA) is 94.1 Å². The number of nitroso groups, excluding NO2 is 1. The number of amides is 1. The molecule has 0 fully saturated rings. The van der Waals surface area contributed by atoms with Crippen molar-refractivity contribution in [3.8, 4) is 5.75 Å². The van der Waals surface area contributed by atoms with Crippen LogP contribution in [0.25, 0.3) is 0 Å². The lowest BCUT2D eigenvalue weighted by Gasteiger charge is -2.28. The molecule has 0 bridgehead atoms. The third-order valence-electron chi connectivity index (χ3n) is 3.11. The summed E-state index contributed by atoms with van der Waals surface area (Å²) in [6, 6.07) is 5.04. The minimum Gasteiger partial charge on any atom is -0.536 e. The molecule has 0 radical (unpaired) electrons. The SMILES string of the molecule is CCOC(=O)c1cccc2c1OB(N=O)[C@@H](NC(C)=O)C2. The largest absolute Gasteiger partial charge is 0.570 e. The van der Waals surface area contributed by atoms with Crippen LogP contribution in [0.3, 0.4) is 0 Å². The van der Waals surface area contributed by atoms with Gasteiger partial charge in [-0.25, -0.2) is 4.79 Å². The van der Waals surface area contributed by atoms with E-state index in [0.717, 1.165) is 5.56 Å². The molecular weight excluding hydrogens is 275 g/mol. The van der Waals surface area contributed by atoms with Crippen LogP contribution >= 0.6 is 0 Å². The summed E-state index contributed by atoms with van der Waals surface area (Å²) in [6.45, 7) is 3.30. The van der Waals surface area contributed by atoms with Gasteiger partial charge in [0.05, 0.1) is 12.5 Å². The molecule has 2 rings (SSSR count). The molecule has 21 heavy (non-hydrogen) atoms. The van der Waals surface area contributed by atoms with Crippen molar-refractivity contribution in [2.45, 2.75) is 26.2 Å². The highest BCUT2D eigenvalue weighted by molar-refractivity contribution is 6.53. The van der Waals surface area contributed by atoms with Gasteiger partial charge >= 0.3 is 13.0 Å². The second-order valence-corrected chi connectivity index (χ2v) is 4.64. The van der Waals surface area contributed by atoms with Crippen molar-refractivity contribution >= 4 is 18.9 Å². The molecule has 0 unspecified atom stereocenters. The van der Waals surface area contributed by atoms with Gasteiger partial charge in [0.1, 0.15) is 11.3 Å². The Morgan fingerprint density at radius 2 is 2.29 bits per heavy atom. The van der Waals surface area contributed by atoms with Crippen LogP contribution in [0.4, 0.5) is 0 Å². The zero-order valence-electron chi connectivity index (χ0n) is 11.8. The smallest absolute Gasteiger partial charge is 0.536 e. The maximum absolute atomic E-state index is 11.9. The molecule has 8 heteroatoms. The molecule has 1 aromatic rings. The van der Waals surface area contributed by atoms with E-state index in [1.165, 1.54) is 6.92 Å². The third kappa shape index (κ3) is 3.21. The van der Waals surface area contributed by atoms with Gasteiger partial charge in [0.25, 0.3) is 0 Å². The van der Waals surface area contributed by atoms with Crippen LogP contribution in [0.2, 0.25) is 0 Å². The first kappa shape index (κ1) is 15.0. The number of benzene rings is 1. The average molecular weight is 290 g/mol. The zero-order valence-corrected chi connectivity index (χ0v) is 11.8. The molecule has 0 aliphatic carbocycles. The number of carbonyl (C=O) groups excluding carboxylic acids is 2. The zero-order chi connectivity index (χ0) is 15.4. The Balaban J connectivity index is 2.34. The molecule has 1 atom stereocenters. The minimum atomic E-state index is -1.07. The summed E-state index contributed by atoms with van der Waals surface area (Å²) < 4.78 is 10.5. The fourth-order valence-corrected chi connectivity index (χ4v) is 2.27. The van der Waals surface area contributed by atoms with Crippen molar-refractivity contribution in [2.24, 2.45) is 5.09 Å².